The third-order valence-corrected chi connectivity index (χ3v) is 5.46. The highest BCUT2D eigenvalue weighted by Crippen LogP contribution is 2.60. The number of rotatable bonds is 3. The first-order valence-corrected chi connectivity index (χ1v) is 8.60. The molecular formula is C18H28N4O. The number of hydrogen-bond acceptors (Lipinski definition) is 3. The summed E-state index contributed by atoms with van der Waals surface area (Å²) < 4.78 is 1.74. The van der Waals surface area contributed by atoms with Crippen LogP contribution in [0, 0.1) is 17.3 Å². The number of amides is 1. The smallest absolute Gasteiger partial charge is 0.226 e. The van der Waals surface area contributed by atoms with Crippen molar-refractivity contribution in [2.24, 2.45) is 24.3 Å². The average Bonchev–Trinajstić information content (AvgIpc) is 2.84. The molecule has 1 amide bonds. The Balaban J connectivity index is 1.69. The number of carbonyl (C=O) groups excluding carboxylic acids is 1. The summed E-state index contributed by atoms with van der Waals surface area (Å²) in [5.74, 6) is 1.17. The Morgan fingerprint density at radius 3 is 2.74 bits per heavy atom. The van der Waals surface area contributed by atoms with Crippen molar-refractivity contribution in [1.82, 2.24) is 19.9 Å². The van der Waals surface area contributed by atoms with Gasteiger partial charge in [-0.2, -0.15) is 0 Å². The van der Waals surface area contributed by atoms with Crippen molar-refractivity contribution >= 4 is 5.91 Å². The lowest BCUT2D eigenvalue weighted by molar-refractivity contribution is -0.134. The van der Waals surface area contributed by atoms with Crippen molar-refractivity contribution in [3.8, 4) is 0 Å². The zero-order valence-corrected chi connectivity index (χ0v) is 14.9. The predicted molar refractivity (Wildman–Crippen MR) is 89.8 cm³/mol. The molecule has 1 aliphatic carbocycles. The molecular weight excluding hydrogens is 288 g/mol. The molecule has 126 valence electrons. The minimum absolute atomic E-state index is 0.0911. The maximum absolute atomic E-state index is 13.0. The Morgan fingerprint density at radius 1 is 1.39 bits per heavy atom. The number of aromatic nitrogens is 3. The predicted octanol–water partition coefficient (Wildman–Crippen LogP) is 2.76. The van der Waals surface area contributed by atoms with Crippen LogP contribution in [-0.4, -0.2) is 38.9 Å². The maximum atomic E-state index is 13.0. The second-order valence-corrected chi connectivity index (χ2v) is 8.01. The standard InChI is InChI=1S/C18H28N4O/c1-12(2)9-14-16(18(14,3)4)17(23)22-8-6-7-13(10-22)15-11-21(5)20-19-15/h9,11,13-14,16H,6-8,10H2,1-5H3. The van der Waals surface area contributed by atoms with Gasteiger partial charge in [-0.3, -0.25) is 9.48 Å². The van der Waals surface area contributed by atoms with Crippen LogP contribution in [0.2, 0.25) is 0 Å². The van der Waals surface area contributed by atoms with E-state index in [0.717, 1.165) is 31.6 Å². The van der Waals surface area contributed by atoms with E-state index in [1.165, 1.54) is 5.57 Å². The highest BCUT2D eigenvalue weighted by Gasteiger charge is 2.61. The molecule has 1 saturated carbocycles. The van der Waals surface area contributed by atoms with Gasteiger partial charge in [0.25, 0.3) is 0 Å². The zero-order valence-electron chi connectivity index (χ0n) is 14.9. The molecule has 3 atom stereocenters. The van der Waals surface area contributed by atoms with Crippen LogP contribution in [0.5, 0.6) is 0 Å². The van der Waals surface area contributed by atoms with Gasteiger partial charge < -0.3 is 4.90 Å². The quantitative estimate of drug-likeness (QED) is 0.806. The average molecular weight is 316 g/mol. The molecule has 1 aromatic rings. The summed E-state index contributed by atoms with van der Waals surface area (Å²) in [7, 11) is 1.89. The summed E-state index contributed by atoms with van der Waals surface area (Å²) in [6, 6.07) is 0. The summed E-state index contributed by atoms with van der Waals surface area (Å²) in [6.07, 6.45) is 6.39. The van der Waals surface area contributed by atoms with E-state index in [2.05, 4.69) is 49.0 Å². The van der Waals surface area contributed by atoms with Crippen LogP contribution in [0.4, 0.5) is 0 Å². The van der Waals surface area contributed by atoms with Crippen molar-refractivity contribution in [3.05, 3.63) is 23.5 Å². The lowest BCUT2D eigenvalue weighted by Gasteiger charge is -2.32. The Morgan fingerprint density at radius 2 is 2.13 bits per heavy atom. The monoisotopic (exact) mass is 316 g/mol. The first-order valence-electron chi connectivity index (χ1n) is 8.60. The first-order chi connectivity index (χ1) is 10.8. The lowest BCUT2D eigenvalue weighted by atomic mass is 9.94. The Labute approximate surface area is 138 Å². The Kier molecular flexibility index (Phi) is 4.07. The van der Waals surface area contributed by atoms with Crippen molar-refractivity contribution in [3.63, 3.8) is 0 Å². The van der Waals surface area contributed by atoms with Crippen molar-refractivity contribution in [2.45, 2.75) is 46.5 Å². The van der Waals surface area contributed by atoms with Gasteiger partial charge in [0.05, 0.1) is 11.6 Å². The number of carbonyl (C=O) groups is 1. The molecule has 0 aromatic carbocycles. The minimum Gasteiger partial charge on any atom is -0.342 e. The topological polar surface area (TPSA) is 51.0 Å². The van der Waals surface area contributed by atoms with E-state index in [0.29, 0.717) is 17.7 Å². The minimum atomic E-state index is 0.0911. The fourth-order valence-corrected chi connectivity index (χ4v) is 3.99. The summed E-state index contributed by atoms with van der Waals surface area (Å²) in [4.78, 5) is 15.1. The second-order valence-electron chi connectivity index (χ2n) is 8.01. The van der Waals surface area contributed by atoms with Gasteiger partial charge >= 0.3 is 0 Å². The Bertz CT molecular complexity index is 627. The van der Waals surface area contributed by atoms with E-state index >= 15 is 0 Å². The highest BCUT2D eigenvalue weighted by molar-refractivity contribution is 5.84. The molecule has 1 aromatic heterocycles. The van der Waals surface area contributed by atoms with Crippen molar-refractivity contribution in [1.29, 1.82) is 0 Å². The SMILES string of the molecule is CC(C)=CC1C(C(=O)N2CCCC(c3cn(C)nn3)C2)C1(C)C. The molecule has 3 unspecified atom stereocenters. The molecule has 1 saturated heterocycles. The fourth-order valence-electron chi connectivity index (χ4n) is 3.99. The summed E-state index contributed by atoms with van der Waals surface area (Å²) in [5, 5.41) is 8.27. The number of likely N-dealkylation sites (tertiary alicyclic amines) is 1. The second kappa shape index (κ2) is 5.77. The van der Waals surface area contributed by atoms with Gasteiger partial charge in [0.1, 0.15) is 0 Å². The van der Waals surface area contributed by atoms with Crippen molar-refractivity contribution < 1.29 is 4.79 Å². The first kappa shape index (κ1) is 16.2. The molecule has 0 bridgehead atoms. The van der Waals surface area contributed by atoms with E-state index in [4.69, 9.17) is 0 Å². The number of aryl methyl sites for hydroxylation is 1. The normalized spacial score (nSPS) is 29.3. The third kappa shape index (κ3) is 3.06. The van der Waals surface area contributed by atoms with Gasteiger partial charge in [0.15, 0.2) is 0 Å². The Hall–Kier alpha value is -1.65. The van der Waals surface area contributed by atoms with Gasteiger partial charge in [-0.25, -0.2) is 0 Å². The molecule has 5 heteroatoms. The number of piperidine rings is 1. The molecule has 5 nitrogen and oxygen atoms in total. The largest absolute Gasteiger partial charge is 0.342 e. The molecule has 0 N–H and O–H groups in total. The molecule has 1 aliphatic heterocycles. The van der Waals surface area contributed by atoms with Crippen molar-refractivity contribution in [2.75, 3.05) is 13.1 Å². The molecule has 2 heterocycles. The molecule has 0 spiro atoms. The number of nitrogens with zero attached hydrogens (tertiary/aromatic N) is 4. The highest BCUT2D eigenvalue weighted by atomic mass is 16.2. The van der Waals surface area contributed by atoms with Gasteiger partial charge in [-0.15, -0.1) is 5.10 Å². The van der Waals surface area contributed by atoms with Crippen LogP contribution in [-0.2, 0) is 11.8 Å². The van der Waals surface area contributed by atoms with E-state index in [-0.39, 0.29) is 11.3 Å². The van der Waals surface area contributed by atoms with Crippen LogP contribution in [0.3, 0.4) is 0 Å². The van der Waals surface area contributed by atoms with Gasteiger partial charge in [0.2, 0.25) is 5.91 Å². The van der Waals surface area contributed by atoms with E-state index < -0.39 is 0 Å². The van der Waals surface area contributed by atoms with Gasteiger partial charge in [-0.1, -0.05) is 30.7 Å². The molecule has 2 aliphatic rings. The van der Waals surface area contributed by atoms with Gasteiger partial charge in [-0.05, 0) is 38.0 Å². The zero-order chi connectivity index (χ0) is 16.8. The van der Waals surface area contributed by atoms with Gasteiger partial charge in [0, 0.05) is 32.3 Å². The molecule has 0 radical (unpaired) electrons. The lowest BCUT2D eigenvalue weighted by Crippen LogP contribution is -2.40. The van der Waals surface area contributed by atoms with Crippen LogP contribution in [0.1, 0.15) is 52.1 Å². The summed E-state index contributed by atoms with van der Waals surface area (Å²) in [6.45, 7) is 10.3. The van der Waals surface area contributed by atoms with Crippen LogP contribution in [0.25, 0.3) is 0 Å². The maximum Gasteiger partial charge on any atom is 0.226 e. The van der Waals surface area contributed by atoms with Crippen LogP contribution in [0.15, 0.2) is 17.8 Å². The van der Waals surface area contributed by atoms with Crippen LogP contribution < -0.4 is 0 Å². The number of hydrogen-bond donors (Lipinski definition) is 0. The summed E-state index contributed by atoms with van der Waals surface area (Å²) >= 11 is 0. The number of allylic oxidation sites excluding steroid dienone is 2. The third-order valence-electron chi connectivity index (χ3n) is 5.46. The molecule has 2 fully saturated rings. The summed E-state index contributed by atoms with van der Waals surface area (Å²) in [5.41, 5.74) is 2.41. The van der Waals surface area contributed by atoms with E-state index in [9.17, 15) is 4.79 Å². The molecule has 23 heavy (non-hydrogen) atoms. The molecule has 3 rings (SSSR count). The fraction of sp³-hybridized carbons (Fsp3) is 0.722. The van der Waals surface area contributed by atoms with E-state index in [1.807, 2.05) is 13.2 Å². The van der Waals surface area contributed by atoms with Crippen LogP contribution >= 0.6 is 0 Å². The van der Waals surface area contributed by atoms with E-state index in [1.54, 1.807) is 4.68 Å².